The molecular weight excluding hydrogens is 168 g/mol. The first-order valence-electron chi connectivity index (χ1n) is 4.14. The van der Waals surface area contributed by atoms with E-state index in [1.165, 1.54) is 6.08 Å². The van der Waals surface area contributed by atoms with Crippen molar-refractivity contribution in [3.8, 4) is 0 Å². The first kappa shape index (κ1) is 9.51. The minimum absolute atomic E-state index is 0.362. The third-order valence-electron chi connectivity index (χ3n) is 1.57. The molecule has 13 heavy (non-hydrogen) atoms. The molecule has 0 atom stereocenters. The smallest absolute Gasteiger partial charge is 0.330 e. The van der Waals surface area contributed by atoms with Crippen molar-refractivity contribution in [3.05, 3.63) is 31.4 Å². The second-order valence-corrected chi connectivity index (χ2v) is 2.57. The number of esters is 1. The number of H-pyrrole nitrogens is 1. The molecule has 0 aliphatic carbocycles. The van der Waals surface area contributed by atoms with Crippen molar-refractivity contribution in [1.29, 1.82) is 0 Å². The minimum atomic E-state index is -0.362. The van der Waals surface area contributed by atoms with Crippen molar-refractivity contribution < 1.29 is 14.1 Å². The SMILES string of the molecule is C=CC(=O)OCCC[n+]1cc[nH]c1. The molecule has 0 saturated heterocycles. The third-order valence-corrected chi connectivity index (χ3v) is 1.57. The third kappa shape index (κ3) is 3.55. The van der Waals surface area contributed by atoms with Gasteiger partial charge in [-0.3, -0.25) is 4.98 Å². The summed E-state index contributed by atoms with van der Waals surface area (Å²) in [5, 5.41) is 0. The lowest BCUT2D eigenvalue weighted by molar-refractivity contribution is -0.696. The highest BCUT2D eigenvalue weighted by atomic mass is 16.5. The van der Waals surface area contributed by atoms with E-state index in [1.807, 2.05) is 23.3 Å². The predicted molar refractivity (Wildman–Crippen MR) is 46.8 cm³/mol. The number of rotatable bonds is 5. The van der Waals surface area contributed by atoms with Crippen LogP contribution in [0.15, 0.2) is 31.4 Å². The maximum Gasteiger partial charge on any atom is 0.330 e. The standard InChI is InChI=1S/C9H12N2O2/c1-2-9(12)13-7-3-5-11-6-4-10-8-11/h2,4,6,8H,1,3,5,7H2/p+1. The molecule has 4 heteroatoms. The lowest BCUT2D eigenvalue weighted by Crippen LogP contribution is -2.31. The molecule has 0 aromatic carbocycles. The number of imidazole rings is 1. The van der Waals surface area contributed by atoms with Gasteiger partial charge >= 0.3 is 5.97 Å². The average molecular weight is 181 g/mol. The Morgan fingerprint density at radius 2 is 2.54 bits per heavy atom. The van der Waals surface area contributed by atoms with Crippen LogP contribution in [0, 0.1) is 0 Å². The maximum absolute atomic E-state index is 10.6. The Morgan fingerprint density at radius 1 is 1.69 bits per heavy atom. The van der Waals surface area contributed by atoms with E-state index in [-0.39, 0.29) is 5.97 Å². The molecule has 1 heterocycles. The lowest BCUT2D eigenvalue weighted by Gasteiger charge is -1.99. The molecule has 0 aliphatic heterocycles. The Bertz CT molecular complexity index is 267. The van der Waals surface area contributed by atoms with Gasteiger partial charge in [0, 0.05) is 12.5 Å². The van der Waals surface area contributed by atoms with Gasteiger partial charge in [-0.05, 0) is 0 Å². The largest absolute Gasteiger partial charge is 0.462 e. The molecule has 1 rings (SSSR count). The summed E-state index contributed by atoms with van der Waals surface area (Å²) < 4.78 is 6.80. The first-order valence-corrected chi connectivity index (χ1v) is 4.14. The summed E-state index contributed by atoms with van der Waals surface area (Å²) in [7, 11) is 0. The van der Waals surface area contributed by atoms with E-state index in [4.69, 9.17) is 4.74 Å². The molecule has 1 N–H and O–H groups in total. The van der Waals surface area contributed by atoms with E-state index in [9.17, 15) is 4.79 Å². The van der Waals surface area contributed by atoms with Crippen molar-refractivity contribution in [2.45, 2.75) is 13.0 Å². The quantitative estimate of drug-likeness (QED) is 0.310. The number of hydrogen-bond donors (Lipinski definition) is 1. The van der Waals surface area contributed by atoms with Crippen LogP contribution in [0.25, 0.3) is 0 Å². The first-order chi connectivity index (χ1) is 6.33. The number of aryl methyl sites for hydroxylation is 1. The number of ether oxygens (including phenoxy) is 1. The number of carbonyl (C=O) groups excluding carboxylic acids is 1. The van der Waals surface area contributed by atoms with Crippen molar-refractivity contribution >= 4 is 5.97 Å². The average Bonchev–Trinajstić information content (AvgIpc) is 2.64. The van der Waals surface area contributed by atoms with Gasteiger partial charge in [0.15, 0.2) is 0 Å². The fraction of sp³-hybridized carbons (Fsp3) is 0.333. The van der Waals surface area contributed by atoms with Crippen molar-refractivity contribution in [3.63, 3.8) is 0 Å². The second-order valence-electron chi connectivity index (χ2n) is 2.57. The number of nitrogens with one attached hydrogen (secondary N) is 1. The summed E-state index contributed by atoms with van der Waals surface area (Å²) in [4.78, 5) is 13.5. The number of hydrogen-bond acceptors (Lipinski definition) is 2. The van der Waals surface area contributed by atoms with Crippen molar-refractivity contribution in [1.82, 2.24) is 4.98 Å². The highest BCUT2D eigenvalue weighted by molar-refractivity contribution is 5.81. The van der Waals surface area contributed by atoms with Gasteiger partial charge in [-0.25, -0.2) is 9.36 Å². The van der Waals surface area contributed by atoms with Crippen LogP contribution in [-0.2, 0) is 16.1 Å². The zero-order chi connectivity index (χ0) is 9.52. The van der Waals surface area contributed by atoms with Gasteiger partial charge < -0.3 is 4.74 Å². The fourth-order valence-corrected chi connectivity index (χ4v) is 0.938. The summed E-state index contributed by atoms with van der Waals surface area (Å²) in [5.74, 6) is -0.362. The maximum atomic E-state index is 10.6. The number of aromatic nitrogens is 2. The number of nitrogens with zero attached hydrogens (tertiary/aromatic N) is 1. The minimum Gasteiger partial charge on any atom is -0.462 e. The summed E-state index contributed by atoms with van der Waals surface area (Å²) in [5.41, 5.74) is 0. The van der Waals surface area contributed by atoms with Gasteiger partial charge in [-0.1, -0.05) is 6.58 Å². The predicted octanol–water partition coefficient (Wildman–Crippen LogP) is 0.421. The topological polar surface area (TPSA) is 46.0 Å². The van der Waals surface area contributed by atoms with Crippen LogP contribution in [-0.4, -0.2) is 17.6 Å². The highest BCUT2D eigenvalue weighted by Gasteiger charge is 1.98. The van der Waals surface area contributed by atoms with Crippen LogP contribution in [0.1, 0.15) is 6.42 Å². The van der Waals surface area contributed by atoms with Gasteiger partial charge in [-0.2, -0.15) is 0 Å². The molecule has 0 amide bonds. The lowest BCUT2D eigenvalue weighted by atomic mass is 10.4. The Labute approximate surface area is 76.8 Å². The zero-order valence-corrected chi connectivity index (χ0v) is 7.40. The molecule has 0 spiro atoms. The fourth-order valence-electron chi connectivity index (χ4n) is 0.938. The van der Waals surface area contributed by atoms with E-state index >= 15 is 0 Å². The number of carbonyl (C=O) groups is 1. The Hall–Kier alpha value is -1.58. The highest BCUT2D eigenvalue weighted by Crippen LogP contribution is 1.85. The van der Waals surface area contributed by atoms with Crippen LogP contribution < -0.4 is 4.57 Å². The zero-order valence-electron chi connectivity index (χ0n) is 7.40. The van der Waals surface area contributed by atoms with Crippen LogP contribution in [0.2, 0.25) is 0 Å². The molecular formula is C9H13N2O2+. The Morgan fingerprint density at radius 3 is 3.15 bits per heavy atom. The molecule has 70 valence electrons. The second kappa shape index (κ2) is 5.13. The van der Waals surface area contributed by atoms with Gasteiger partial charge in [0.2, 0.25) is 6.33 Å². The summed E-state index contributed by atoms with van der Waals surface area (Å²) in [6.07, 6.45) is 7.60. The van der Waals surface area contributed by atoms with Crippen molar-refractivity contribution in [2.75, 3.05) is 6.61 Å². The van der Waals surface area contributed by atoms with E-state index in [2.05, 4.69) is 11.6 Å². The normalized spacial score (nSPS) is 9.54. The molecule has 0 aliphatic rings. The molecule has 0 radical (unpaired) electrons. The molecule has 0 fully saturated rings. The molecule has 0 saturated carbocycles. The van der Waals surface area contributed by atoms with Gasteiger partial charge in [-0.15, -0.1) is 0 Å². The summed E-state index contributed by atoms with van der Waals surface area (Å²) in [6, 6.07) is 0. The van der Waals surface area contributed by atoms with Gasteiger partial charge in [0.25, 0.3) is 0 Å². The van der Waals surface area contributed by atoms with E-state index in [0.29, 0.717) is 6.61 Å². The Balaban J connectivity index is 2.08. The van der Waals surface area contributed by atoms with Crippen LogP contribution in [0.3, 0.4) is 0 Å². The van der Waals surface area contributed by atoms with Crippen molar-refractivity contribution in [2.24, 2.45) is 0 Å². The molecule has 1 aromatic rings. The van der Waals surface area contributed by atoms with E-state index in [1.54, 1.807) is 0 Å². The summed E-state index contributed by atoms with van der Waals surface area (Å²) >= 11 is 0. The van der Waals surface area contributed by atoms with Crippen LogP contribution >= 0.6 is 0 Å². The Kier molecular flexibility index (Phi) is 3.75. The molecule has 0 bridgehead atoms. The van der Waals surface area contributed by atoms with E-state index < -0.39 is 0 Å². The molecule has 0 unspecified atom stereocenters. The van der Waals surface area contributed by atoms with Crippen LogP contribution in [0.4, 0.5) is 0 Å². The van der Waals surface area contributed by atoms with Gasteiger partial charge in [0.1, 0.15) is 12.4 Å². The monoisotopic (exact) mass is 181 g/mol. The van der Waals surface area contributed by atoms with Gasteiger partial charge in [0.05, 0.1) is 13.2 Å². The molecule has 1 aromatic heterocycles. The van der Waals surface area contributed by atoms with E-state index in [0.717, 1.165) is 13.0 Å². The molecule has 4 nitrogen and oxygen atoms in total. The van der Waals surface area contributed by atoms with Crippen LogP contribution in [0.5, 0.6) is 0 Å². The number of aromatic amines is 1. The summed E-state index contributed by atoms with van der Waals surface area (Å²) in [6.45, 7) is 4.58.